The molecule has 0 spiro atoms. The van der Waals surface area contributed by atoms with Crippen LogP contribution in [0.15, 0.2) is 29.2 Å². The zero-order chi connectivity index (χ0) is 15.4. The predicted octanol–water partition coefficient (Wildman–Crippen LogP) is 2.87. The lowest BCUT2D eigenvalue weighted by Gasteiger charge is -2.18. The molecule has 0 aliphatic heterocycles. The lowest BCUT2D eigenvalue weighted by atomic mass is 10.2. The monoisotopic (exact) mass is 309 g/mol. The summed E-state index contributed by atoms with van der Waals surface area (Å²) in [5.74, 6) is -0.343. The molecular formula is C13H18F3NO2S. The van der Waals surface area contributed by atoms with E-state index in [2.05, 4.69) is 5.32 Å². The molecule has 114 valence electrons. The topological polar surface area (TPSA) is 46.2 Å². The lowest BCUT2D eigenvalue weighted by molar-refractivity contribution is -0.139. The number of hydrogen-bond acceptors (Lipinski definition) is 3. The number of alkyl halides is 3. The summed E-state index contributed by atoms with van der Waals surface area (Å²) >= 11 is 0. The highest BCUT2D eigenvalue weighted by Crippen LogP contribution is 2.34. The van der Waals surface area contributed by atoms with Gasteiger partial charge in [0.15, 0.2) is 9.84 Å². The molecule has 0 aromatic heterocycles. The number of benzene rings is 1. The first-order chi connectivity index (χ1) is 9.22. The van der Waals surface area contributed by atoms with E-state index in [0.717, 1.165) is 12.1 Å². The van der Waals surface area contributed by atoms with Crippen molar-refractivity contribution >= 4 is 9.84 Å². The van der Waals surface area contributed by atoms with Crippen LogP contribution in [0.4, 0.5) is 13.2 Å². The van der Waals surface area contributed by atoms with Crippen LogP contribution >= 0.6 is 0 Å². The van der Waals surface area contributed by atoms with Gasteiger partial charge in [0.1, 0.15) is 0 Å². The van der Waals surface area contributed by atoms with Crippen LogP contribution in [0.2, 0.25) is 0 Å². The Kier molecular flexibility index (Phi) is 5.59. The molecule has 3 nitrogen and oxygen atoms in total. The second kappa shape index (κ2) is 6.58. The molecule has 0 saturated heterocycles. The molecule has 0 radical (unpaired) electrons. The molecule has 0 bridgehead atoms. The smallest absolute Gasteiger partial charge is 0.313 e. The van der Waals surface area contributed by atoms with Gasteiger partial charge in [-0.1, -0.05) is 26.0 Å². The molecule has 1 unspecified atom stereocenters. The van der Waals surface area contributed by atoms with Crippen LogP contribution in [0.5, 0.6) is 0 Å². The molecule has 0 amide bonds. The zero-order valence-corrected chi connectivity index (χ0v) is 12.2. The first-order valence-electron chi connectivity index (χ1n) is 6.34. The fourth-order valence-corrected chi connectivity index (χ4v) is 3.80. The third-order valence-corrected chi connectivity index (χ3v) is 4.80. The molecule has 1 rings (SSSR count). The van der Waals surface area contributed by atoms with Crippen LogP contribution in [0.3, 0.4) is 0 Å². The summed E-state index contributed by atoms with van der Waals surface area (Å²) in [5, 5.41) is 2.96. The van der Waals surface area contributed by atoms with Crippen LogP contribution in [-0.2, 0) is 16.0 Å². The lowest BCUT2D eigenvalue weighted by Crippen LogP contribution is -2.35. The molecule has 0 fully saturated rings. The fourth-order valence-electron chi connectivity index (χ4n) is 1.94. The van der Waals surface area contributed by atoms with E-state index in [0.29, 0.717) is 13.0 Å². The Bertz CT molecular complexity index is 541. The highest BCUT2D eigenvalue weighted by atomic mass is 32.2. The van der Waals surface area contributed by atoms with Gasteiger partial charge < -0.3 is 5.32 Å². The normalized spacial score (nSPS) is 14.2. The molecule has 1 aromatic carbocycles. The Morgan fingerprint density at radius 1 is 1.20 bits per heavy atom. The van der Waals surface area contributed by atoms with E-state index in [4.69, 9.17) is 0 Å². The Hall–Kier alpha value is -1.08. The second-order valence-electron chi connectivity index (χ2n) is 4.44. The van der Waals surface area contributed by atoms with Crippen LogP contribution in [0, 0.1) is 0 Å². The van der Waals surface area contributed by atoms with E-state index < -0.39 is 26.5 Å². The standard InChI is InChI=1S/C13H18F3NO2S/c1-3-10(17-4-2)9-20(18,19)12-8-6-5-7-11(12)13(14,15)16/h5-8,10,17H,3-4,9H2,1-2H3. The molecule has 1 N–H and O–H groups in total. The Morgan fingerprint density at radius 2 is 1.80 bits per heavy atom. The molecular weight excluding hydrogens is 291 g/mol. The maximum absolute atomic E-state index is 12.9. The highest BCUT2D eigenvalue weighted by Gasteiger charge is 2.37. The minimum atomic E-state index is -4.68. The van der Waals surface area contributed by atoms with Crippen molar-refractivity contribution in [3.05, 3.63) is 29.8 Å². The highest BCUT2D eigenvalue weighted by molar-refractivity contribution is 7.91. The molecule has 0 heterocycles. The van der Waals surface area contributed by atoms with Crippen molar-refractivity contribution in [1.29, 1.82) is 0 Å². The van der Waals surface area contributed by atoms with Crippen molar-refractivity contribution in [1.82, 2.24) is 5.32 Å². The van der Waals surface area contributed by atoms with E-state index in [1.165, 1.54) is 12.1 Å². The van der Waals surface area contributed by atoms with Gasteiger partial charge in [-0.25, -0.2) is 8.42 Å². The second-order valence-corrected chi connectivity index (χ2v) is 6.44. The summed E-state index contributed by atoms with van der Waals surface area (Å²) in [4.78, 5) is -0.649. The summed E-state index contributed by atoms with van der Waals surface area (Å²) in [6.07, 6.45) is -4.15. The Morgan fingerprint density at radius 3 is 2.30 bits per heavy atom. The molecule has 1 aromatic rings. The van der Waals surface area contributed by atoms with E-state index in [1.54, 1.807) is 6.92 Å². The van der Waals surface area contributed by atoms with Crippen molar-refractivity contribution in [2.24, 2.45) is 0 Å². The number of sulfone groups is 1. The van der Waals surface area contributed by atoms with Crippen LogP contribution in [0.25, 0.3) is 0 Å². The first-order valence-corrected chi connectivity index (χ1v) is 8.00. The van der Waals surface area contributed by atoms with E-state index in [-0.39, 0.29) is 11.8 Å². The molecule has 0 saturated carbocycles. The van der Waals surface area contributed by atoms with Crippen molar-refractivity contribution in [2.45, 2.75) is 37.4 Å². The third kappa shape index (κ3) is 4.21. The van der Waals surface area contributed by atoms with Crippen molar-refractivity contribution in [2.75, 3.05) is 12.3 Å². The summed E-state index contributed by atoms with van der Waals surface area (Å²) in [7, 11) is -3.99. The number of hydrogen-bond donors (Lipinski definition) is 1. The summed E-state index contributed by atoms with van der Waals surface area (Å²) in [6.45, 7) is 4.17. The minimum absolute atomic E-state index is 0.343. The van der Waals surface area contributed by atoms with Crippen molar-refractivity contribution < 1.29 is 21.6 Å². The van der Waals surface area contributed by atoms with Gasteiger partial charge >= 0.3 is 6.18 Å². The van der Waals surface area contributed by atoms with Gasteiger partial charge in [-0.3, -0.25) is 0 Å². The summed E-state index contributed by atoms with van der Waals surface area (Å²) in [5.41, 5.74) is -1.11. The summed E-state index contributed by atoms with van der Waals surface area (Å²) in [6, 6.07) is 3.93. The molecule has 0 aliphatic carbocycles. The number of halogens is 3. The zero-order valence-electron chi connectivity index (χ0n) is 11.4. The largest absolute Gasteiger partial charge is 0.417 e. The third-order valence-electron chi connectivity index (χ3n) is 2.93. The molecule has 7 heteroatoms. The maximum atomic E-state index is 12.9. The number of nitrogens with one attached hydrogen (secondary N) is 1. The van der Waals surface area contributed by atoms with Crippen LogP contribution in [0.1, 0.15) is 25.8 Å². The molecule has 20 heavy (non-hydrogen) atoms. The van der Waals surface area contributed by atoms with Gasteiger partial charge in [0.2, 0.25) is 0 Å². The van der Waals surface area contributed by atoms with Crippen molar-refractivity contribution in [3.63, 3.8) is 0 Å². The van der Waals surface area contributed by atoms with Gasteiger partial charge in [0.05, 0.1) is 16.2 Å². The van der Waals surface area contributed by atoms with Crippen LogP contribution in [-0.4, -0.2) is 26.8 Å². The molecule has 0 aliphatic rings. The minimum Gasteiger partial charge on any atom is -0.313 e. The van der Waals surface area contributed by atoms with E-state index in [9.17, 15) is 21.6 Å². The predicted molar refractivity (Wildman–Crippen MR) is 71.3 cm³/mol. The number of rotatable bonds is 6. The Labute approximate surface area is 117 Å². The van der Waals surface area contributed by atoms with E-state index >= 15 is 0 Å². The van der Waals surface area contributed by atoms with Gasteiger partial charge in [-0.05, 0) is 25.1 Å². The average molecular weight is 309 g/mol. The SMILES string of the molecule is CCNC(CC)CS(=O)(=O)c1ccccc1C(F)(F)F. The van der Waals surface area contributed by atoms with Gasteiger partial charge in [0.25, 0.3) is 0 Å². The first kappa shape index (κ1) is 17.0. The maximum Gasteiger partial charge on any atom is 0.417 e. The average Bonchev–Trinajstić information content (AvgIpc) is 2.37. The van der Waals surface area contributed by atoms with Gasteiger partial charge in [0, 0.05) is 6.04 Å². The van der Waals surface area contributed by atoms with Crippen molar-refractivity contribution in [3.8, 4) is 0 Å². The van der Waals surface area contributed by atoms with Gasteiger partial charge in [-0.15, -0.1) is 0 Å². The summed E-state index contributed by atoms with van der Waals surface area (Å²) < 4.78 is 63.0. The van der Waals surface area contributed by atoms with E-state index in [1.807, 2.05) is 6.92 Å². The Balaban J connectivity index is 3.16. The fraction of sp³-hybridized carbons (Fsp3) is 0.538. The van der Waals surface area contributed by atoms with Gasteiger partial charge in [-0.2, -0.15) is 13.2 Å². The molecule has 1 atom stereocenters. The van der Waals surface area contributed by atoms with Crippen LogP contribution < -0.4 is 5.32 Å². The quantitative estimate of drug-likeness (QED) is 0.879.